The molecule has 0 amide bonds. The van der Waals surface area contributed by atoms with Crippen LogP contribution in [0.15, 0.2) is 16.6 Å². The van der Waals surface area contributed by atoms with Gasteiger partial charge in [-0.15, -0.1) is 12.4 Å². The zero-order chi connectivity index (χ0) is 12.4. The molecule has 0 radical (unpaired) electrons. The standard InChI is InChI=1S/C12H15BrF2N2.ClH/c1-8(17-6-4-16-5-7-17)11-10(14)3-2-9(13)12(11)15;/h2-3,8,16H,4-7H2,1H3;1H/t8-;/m1./s1. The molecule has 0 aromatic heterocycles. The summed E-state index contributed by atoms with van der Waals surface area (Å²) in [7, 11) is 0. The fourth-order valence-corrected chi connectivity index (χ4v) is 2.52. The Bertz CT molecular complexity index is 411. The number of piperazine rings is 1. The topological polar surface area (TPSA) is 15.3 Å². The fraction of sp³-hybridized carbons (Fsp3) is 0.500. The fourth-order valence-electron chi connectivity index (χ4n) is 2.18. The Morgan fingerprint density at radius 3 is 2.50 bits per heavy atom. The molecule has 6 heteroatoms. The Morgan fingerprint density at radius 2 is 1.89 bits per heavy atom. The van der Waals surface area contributed by atoms with Crippen molar-refractivity contribution in [1.82, 2.24) is 10.2 Å². The second-order valence-electron chi connectivity index (χ2n) is 4.22. The average molecular weight is 342 g/mol. The Morgan fingerprint density at radius 1 is 1.28 bits per heavy atom. The van der Waals surface area contributed by atoms with Crippen LogP contribution in [0.2, 0.25) is 0 Å². The molecule has 0 unspecified atom stereocenters. The van der Waals surface area contributed by atoms with Crippen molar-refractivity contribution in [3.05, 3.63) is 33.8 Å². The summed E-state index contributed by atoms with van der Waals surface area (Å²) in [6.45, 7) is 5.20. The number of halogens is 4. The molecule has 0 saturated carbocycles. The van der Waals surface area contributed by atoms with E-state index in [4.69, 9.17) is 0 Å². The van der Waals surface area contributed by atoms with Crippen molar-refractivity contribution in [2.24, 2.45) is 0 Å². The Labute approximate surface area is 120 Å². The van der Waals surface area contributed by atoms with Gasteiger partial charge in [-0.3, -0.25) is 4.90 Å². The summed E-state index contributed by atoms with van der Waals surface area (Å²) < 4.78 is 28.0. The summed E-state index contributed by atoms with van der Waals surface area (Å²) in [6, 6.07) is 2.47. The first-order valence-corrected chi connectivity index (χ1v) is 6.48. The van der Waals surface area contributed by atoms with Crippen molar-refractivity contribution < 1.29 is 8.78 Å². The number of hydrogen-bond acceptors (Lipinski definition) is 2. The number of nitrogens with one attached hydrogen (secondary N) is 1. The maximum Gasteiger partial charge on any atom is 0.145 e. The monoisotopic (exact) mass is 340 g/mol. The quantitative estimate of drug-likeness (QED) is 0.832. The van der Waals surface area contributed by atoms with Crippen LogP contribution in [0, 0.1) is 11.6 Å². The van der Waals surface area contributed by atoms with Crippen LogP contribution in [-0.4, -0.2) is 31.1 Å². The van der Waals surface area contributed by atoms with Crippen LogP contribution in [0.3, 0.4) is 0 Å². The molecule has 0 spiro atoms. The molecule has 1 heterocycles. The van der Waals surface area contributed by atoms with Gasteiger partial charge in [-0.05, 0) is 35.0 Å². The second kappa shape index (κ2) is 6.80. The number of hydrogen-bond donors (Lipinski definition) is 1. The molecule has 0 bridgehead atoms. The molecule has 1 atom stereocenters. The molecular weight excluding hydrogens is 325 g/mol. The van der Waals surface area contributed by atoms with Crippen LogP contribution >= 0.6 is 28.3 Å². The minimum atomic E-state index is -0.490. The molecule has 0 aliphatic carbocycles. The average Bonchev–Trinajstić information content (AvgIpc) is 2.35. The van der Waals surface area contributed by atoms with E-state index in [0.29, 0.717) is 4.47 Å². The zero-order valence-electron chi connectivity index (χ0n) is 10.0. The van der Waals surface area contributed by atoms with E-state index in [1.54, 1.807) is 0 Å². The van der Waals surface area contributed by atoms with E-state index in [0.717, 1.165) is 26.2 Å². The van der Waals surface area contributed by atoms with Crippen molar-refractivity contribution in [1.29, 1.82) is 0 Å². The Kier molecular flexibility index (Phi) is 5.98. The largest absolute Gasteiger partial charge is 0.314 e. The number of nitrogens with zero attached hydrogens (tertiary/aromatic N) is 1. The van der Waals surface area contributed by atoms with Crippen molar-refractivity contribution in [2.45, 2.75) is 13.0 Å². The second-order valence-corrected chi connectivity index (χ2v) is 5.07. The molecule has 1 aromatic rings. The van der Waals surface area contributed by atoms with E-state index in [1.807, 2.05) is 6.92 Å². The zero-order valence-corrected chi connectivity index (χ0v) is 12.5. The lowest BCUT2D eigenvalue weighted by Crippen LogP contribution is -2.44. The van der Waals surface area contributed by atoms with E-state index >= 15 is 0 Å². The van der Waals surface area contributed by atoms with Gasteiger partial charge in [0.1, 0.15) is 11.6 Å². The lowest BCUT2D eigenvalue weighted by Gasteiger charge is -2.33. The van der Waals surface area contributed by atoms with Crippen LogP contribution < -0.4 is 5.32 Å². The van der Waals surface area contributed by atoms with Crippen molar-refractivity contribution in [3.8, 4) is 0 Å². The first-order chi connectivity index (χ1) is 8.11. The van der Waals surface area contributed by atoms with Gasteiger partial charge in [-0.1, -0.05) is 0 Å². The highest BCUT2D eigenvalue weighted by molar-refractivity contribution is 9.10. The smallest absolute Gasteiger partial charge is 0.145 e. The summed E-state index contributed by atoms with van der Waals surface area (Å²) in [6.07, 6.45) is 0. The number of rotatable bonds is 2. The van der Waals surface area contributed by atoms with Crippen LogP contribution in [0.1, 0.15) is 18.5 Å². The summed E-state index contributed by atoms with van der Waals surface area (Å²) in [5.41, 5.74) is 0.154. The van der Waals surface area contributed by atoms with E-state index < -0.39 is 11.6 Å². The van der Waals surface area contributed by atoms with Gasteiger partial charge >= 0.3 is 0 Å². The van der Waals surface area contributed by atoms with Crippen LogP contribution in [0.5, 0.6) is 0 Å². The molecule has 102 valence electrons. The van der Waals surface area contributed by atoms with Gasteiger partial charge in [-0.25, -0.2) is 8.78 Å². The van der Waals surface area contributed by atoms with Gasteiger partial charge in [0.2, 0.25) is 0 Å². The van der Waals surface area contributed by atoms with Gasteiger partial charge in [-0.2, -0.15) is 0 Å². The molecule has 1 aromatic carbocycles. The minimum Gasteiger partial charge on any atom is -0.314 e. The molecular formula is C12H16BrClF2N2. The van der Waals surface area contributed by atoms with E-state index in [-0.39, 0.29) is 24.0 Å². The summed E-state index contributed by atoms with van der Waals surface area (Å²) in [4.78, 5) is 2.09. The molecule has 2 rings (SSSR count). The van der Waals surface area contributed by atoms with E-state index in [1.165, 1.54) is 12.1 Å². The van der Waals surface area contributed by atoms with Gasteiger partial charge in [0.25, 0.3) is 0 Å². The highest BCUT2D eigenvalue weighted by Crippen LogP contribution is 2.29. The molecule has 1 saturated heterocycles. The van der Waals surface area contributed by atoms with Crippen LogP contribution in [0.4, 0.5) is 8.78 Å². The highest BCUT2D eigenvalue weighted by atomic mass is 79.9. The van der Waals surface area contributed by atoms with E-state index in [9.17, 15) is 8.78 Å². The molecule has 1 aliphatic heterocycles. The van der Waals surface area contributed by atoms with Gasteiger partial charge in [0.05, 0.1) is 4.47 Å². The molecule has 2 nitrogen and oxygen atoms in total. The summed E-state index contributed by atoms with van der Waals surface area (Å²) in [5, 5.41) is 3.22. The maximum atomic E-state index is 13.9. The van der Waals surface area contributed by atoms with Crippen molar-refractivity contribution in [2.75, 3.05) is 26.2 Å². The van der Waals surface area contributed by atoms with Crippen LogP contribution in [-0.2, 0) is 0 Å². The molecule has 18 heavy (non-hydrogen) atoms. The summed E-state index contributed by atoms with van der Waals surface area (Å²) >= 11 is 3.10. The lowest BCUT2D eigenvalue weighted by atomic mass is 10.0. The predicted octanol–water partition coefficient (Wildman–Crippen LogP) is 3.12. The third-order valence-electron chi connectivity index (χ3n) is 3.20. The third-order valence-corrected chi connectivity index (χ3v) is 3.81. The van der Waals surface area contributed by atoms with Gasteiger partial charge in [0, 0.05) is 37.8 Å². The first-order valence-electron chi connectivity index (χ1n) is 5.69. The highest BCUT2D eigenvalue weighted by Gasteiger charge is 2.24. The normalized spacial score (nSPS) is 18.2. The number of benzene rings is 1. The van der Waals surface area contributed by atoms with Crippen molar-refractivity contribution >= 4 is 28.3 Å². The van der Waals surface area contributed by atoms with E-state index in [2.05, 4.69) is 26.1 Å². The van der Waals surface area contributed by atoms with Crippen molar-refractivity contribution in [3.63, 3.8) is 0 Å². The molecule has 1 N–H and O–H groups in total. The van der Waals surface area contributed by atoms with Crippen LogP contribution in [0.25, 0.3) is 0 Å². The Hall–Kier alpha value is -0.230. The minimum absolute atomic E-state index is 0. The lowest BCUT2D eigenvalue weighted by molar-refractivity contribution is 0.179. The molecule has 1 aliphatic rings. The summed E-state index contributed by atoms with van der Waals surface area (Å²) in [5.74, 6) is -0.965. The first kappa shape index (κ1) is 15.8. The SMILES string of the molecule is C[C@H](c1c(F)ccc(Br)c1F)N1CCNCC1.Cl. The van der Waals surface area contributed by atoms with Gasteiger partial charge < -0.3 is 5.32 Å². The third kappa shape index (κ3) is 3.20. The molecule has 1 fully saturated rings. The predicted molar refractivity (Wildman–Crippen MR) is 74.2 cm³/mol. The Balaban J connectivity index is 0.00000162. The maximum absolute atomic E-state index is 13.9. The van der Waals surface area contributed by atoms with Gasteiger partial charge in [0.15, 0.2) is 0 Å².